The summed E-state index contributed by atoms with van der Waals surface area (Å²) >= 11 is 0. The molecule has 2 aromatic rings. The summed E-state index contributed by atoms with van der Waals surface area (Å²) in [6.07, 6.45) is 10.6. The molecule has 0 unspecified atom stereocenters. The molecular weight excluding hydrogens is 324 g/mol. The number of nitrogens with zero attached hydrogens (tertiary/aromatic N) is 2. The van der Waals surface area contributed by atoms with E-state index in [4.69, 9.17) is 9.47 Å². The topological polar surface area (TPSA) is 36.3 Å². The third-order valence-electron chi connectivity index (χ3n) is 5.91. The molecule has 1 aliphatic rings. The molecular formula is C22H32N2O2. The number of ether oxygens (including phenoxy) is 2. The molecule has 4 heteroatoms. The minimum absolute atomic E-state index is 0.168. The summed E-state index contributed by atoms with van der Waals surface area (Å²) in [5.74, 6) is -0.510. The molecule has 1 aromatic heterocycles. The van der Waals surface area contributed by atoms with Gasteiger partial charge in [0.1, 0.15) is 0 Å². The summed E-state index contributed by atoms with van der Waals surface area (Å²) in [5.41, 5.74) is 2.73. The van der Waals surface area contributed by atoms with Crippen LogP contribution in [0.4, 0.5) is 0 Å². The summed E-state index contributed by atoms with van der Waals surface area (Å²) in [4.78, 5) is 4.12. The highest BCUT2D eigenvalue weighted by molar-refractivity contribution is 5.22. The predicted octanol–water partition coefficient (Wildman–Crippen LogP) is 4.76. The van der Waals surface area contributed by atoms with Crippen LogP contribution in [0, 0.1) is 12.3 Å². The van der Waals surface area contributed by atoms with Crippen molar-refractivity contribution in [1.29, 1.82) is 0 Å². The third kappa shape index (κ3) is 4.54. The van der Waals surface area contributed by atoms with Crippen molar-refractivity contribution in [2.45, 2.75) is 65.2 Å². The van der Waals surface area contributed by atoms with Gasteiger partial charge in [-0.05, 0) is 31.7 Å². The second-order valence-electron chi connectivity index (χ2n) is 7.76. The molecule has 3 rings (SSSR count). The van der Waals surface area contributed by atoms with E-state index in [1.165, 1.54) is 11.1 Å². The Morgan fingerprint density at radius 2 is 1.77 bits per heavy atom. The number of aryl methyl sites for hydroxylation is 2. The van der Waals surface area contributed by atoms with Crippen LogP contribution >= 0.6 is 0 Å². The lowest BCUT2D eigenvalue weighted by Gasteiger charge is -2.46. The highest BCUT2D eigenvalue weighted by Gasteiger charge is 2.42. The van der Waals surface area contributed by atoms with Crippen LogP contribution < -0.4 is 0 Å². The van der Waals surface area contributed by atoms with Gasteiger partial charge in [0, 0.05) is 37.2 Å². The maximum atomic E-state index is 6.47. The second kappa shape index (κ2) is 8.36. The first-order valence-electron chi connectivity index (χ1n) is 9.88. The highest BCUT2D eigenvalue weighted by atomic mass is 16.7. The SMILES string of the molecule is CCC1(CC)COC(CCCn2ccnc2)(Cc2ccc(C)cc2)OC1. The first-order valence-corrected chi connectivity index (χ1v) is 9.88. The molecule has 1 aliphatic heterocycles. The van der Waals surface area contributed by atoms with Gasteiger partial charge in [0.15, 0.2) is 5.79 Å². The number of rotatable bonds is 8. The van der Waals surface area contributed by atoms with Crippen LogP contribution in [-0.2, 0) is 22.4 Å². The fourth-order valence-electron chi connectivity index (χ4n) is 3.61. The molecule has 0 spiro atoms. The van der Waals surface area contributed by atoms with E-state index in [2.05, 4.69) is 54.6 Å². The van der Waals surface area contributed by atoms with E-state index in [0.717, 1.165) is 51.9 Å². The Kier molecular flexibility index (Phi) is 6.15. The van der Waals surface area contributed by atoms with E-state index < -0.39 is 5.79 Å². The number of hydrogen-bond donors (Lipinski definition) is 0. The van der Waals surface area contributed by atoms with E-state index in [0.29, 0.717) is 0 Å². The van der Waals surface area contributed by atoms with Gasteiger partial charge in [-0.1, -0.05) is 43.7 Å². The van der Waals surface area contributed by atoms with Gasteiger partial charge in [-0.2, -0.15) is 0 Å². The van der Waals surface area contributed by atoms with E-state index >= 15 is 0 Å². The lowest BCUT2D eigenvalue weighted by molar-refractivity contribution is -0.307. The smallest absolute Gasteiger partial charge is 0.172 e. The zero-order valence-corrected chi connectivity index (χ0v) is 16.4. The van der Waals surface area contributed by atoms with Gasteiger partial charge in [0.25, 0.3) is 0 Å². The maximum Gasteiger partial charge on any atom is 0.172 e. The first kappa shape index (κ1) is 19.1. The molecule has 1 aromatic carbocycles. The summed E-state index contributed by atoms with van der Waals surface area (Å²) in [6, 6.07) is 8.72. The van der Waals surface area contributed by atoms with Crippen molar-refractivity contribution in [3.63, 3.8) is 0 Å². The number of benzene rings is 1. The molecule has 1 fully saturated rings. The zero-order chi connectivity index (χ0) is 18.5. The molecule has 0 atom stereocenters. The molecule has 26 heavy (non-hydrogen) atoms. The highest BCUT2D eigenvalue weighted by Crippen LogP contribution is 2.39. The molecule has 0 amide bonds. The van der Waals surface area contributed by atoms with Crippen LogP contribution in [0.5, 0.6) is 0 Å². The van der Waals surface area contributed by atoms with E-state index in [1.807, 2.05) is 18.7 Å². The van der Waals surface area contributed by atoms with Crippen LogP contribution in [-0.4, -0.2) is 28.6 Å². The van der Waals surface area contributed by atoms with Crippen LogP contribution in [0.15, 0.2) is 43.0 Å². The Labute approximate surface area is 157 Å². The molecule has 2 heterocycles. The van der Waals surface area contributed by atoms with Crippen LogP contribution in [0.2, 0.25) is 0 Å². The molecule has 0 radical (unpaired) electrons. The van der Waals surface area contributed by atoms with E-state index in [-0.39, 0.29) is 5.41 Å². The van der Waals surface area contributed by atoms with Crippen LogP contribution in [0.3, 0.4) is 0 Å². The van der Waals surface area contributed by atoms with Crippen molar-refractivity contribution in [2.75, 3.05) is 13.2 Å². The second-order valence-corrected chi connectivity index (χ2v) is 7.76. The monoisotopic (exact) mass is 356 g/mol. The fourth-order valence-corrected chi connectivity index (χ4v) is 3.61. The maximum absolute atomic E-state index is 6.47. The summed E-state index contributed by atoms with van der Waals surface area (Å²) in [5, 5.41) is 0. The molecule has 4 nitrogen and oxygen atoms in total. The quantitative estimate of drug-likeness (QED) is 0.684. The van der Waals surface area contributed by atoms with Crippen molar-refractivity contribution in [2.24, 2.45) is 5.41 Å². The Morgan fingerprint density at radius 3 is 2.35 bits per heavy atom. The van der Waals surface area contributed by atoms with Gasteiger partial charge in [0.2, 0.25) is 0 Å². The predicted molar refractivity (Wildman–Crippen MR) is 104 cm³/mol. The van der Waals surface area contributed by atoms with Crippen molar-refractivity contribution < 1.29 is 9.47 Å². The average Bonchev–Trinajstić information content (AvgIpc) is 3.18. The third-order valence-corrected chi connectivity index (χ3v) is 5.91. The largest absolute Gasteiger partial charge is 0.349 e. The van der Waals surface area contributed by atoms with E-state index in [9.17, 15) is 0 Å². The minimum Gasteiger partial charge on any atom is -0.349 e. The molecule has 0 N–H and O–H groups in total. The Hall–Kier alpha value is -1.65. The average molecular weight is 357 g/mol. The van der Waals surface area contributed by atoms with Gasteiger partial charge < -0.3 is 14.0 Å². The van der Waals surface area contributed by atoms with Gasteiger partial charge in [-0.25, -0.2) is 4.98 Å². The number of aromatic nitrogens is 2. The van der Waals surface area contributed by atoms with Crippen LogP contribution in [0.25, 0.3) is 0 Å². The minimum atomic E-state index is -0.510. The summed E-state index contributed by atoms with van der Waals surface area (Å²) in [7, 11) is 0. The molecule has 0 bridgehead atoms. The van der Waals surface area contributed by atoms with Crippen molar-refractivity contribution in [3.8, 4) is 0 Å². The summed E-state index contributed by atoms with van der Waals surface area (Å²) < 4.78 is 15.1. The Bertz CT molecular complexity index is 650. The zero-order valence-electron chi connectivity index (χ0n) is 16.4. The normalized spacial score (nSPS) is 18.7. The van der Waals surface area contributed by atoms with Crippen LogP contribution in [0.1, 0.15) is 50.7 Å². The molecule has 0 saturated carbocycles. The number of imidazole rings is 1. The lowest BCUT2D eigenvalue weighted by Crippen LogP contribution is -2.50. The molecule has 142 valence electrons. The standard InChI is InChI=1S/C22H32N2O2/c1-4-21(5-2)16-25-22(26-17-21,11-6-13-24-14-12-23-18-24)15-20-9-7-19(3)8-10-20/h7-10,12,14,18H,4-6,11,13,15-17H2,1-3H3. The van der Waals surface area contributed by atoms with Crippen molar-refractivity contribution in [1.82, 2.24) is 9.55 Å². The lowest BCUT2D eigenvalue weighted by atomic mass is 9.82. The van der Waals surface area contributed by atoms with Gasteiger partial charge in [-0.3, -0.25) is 0 Å². The van der Waals surface area contributed by atoms with Gasteiger partial charge >= 0.3 is 0 Å². The number of hydrogen-bond acceptors (Lipinski definition) is 3. The van der Waals surface area contributed by atoms with Crippen molar-refractivity contribution in [3.05, 3.63) is 54.1 Å². The Morgan fingerprint density at radius 1 is 1.08 bits per heavy atom. The van der Waals surface area contributed by atoms with Gasteiger partial charge in [-0.15, -0.1) is 0 Å². The first-order chi connectivity index (χ1) is 12.6. The van der Waals surface area contributed by atoms with E-state index in [1.54, 1.807) is 0 Å². The summed E-state index contributed by atoms with van der Waals surface area (Å²) in [6.45, 7) is 9.11. The Balaban J connectivity index is 1.69. The molecule has 0 aliphatic carbocycles. The van der Waals surface area contributed by atoms with Crippen molar-refractivity contribution >= 4 is 0 Å². The fraction of sp³-hybridized carbons (Fsp3) is 0.591. The molecule has 1 saturated heterocycles. The van der Waals surface area contributed by atoms with Gasteiger partial charge in [0.05, 0.1) is 19.5 Å².